The van der Waals surface area contributed by atoms with Crippen molar-refractivity contribution in [2.75, 3.05) is 63.7 Å². The first-order valence-electron chi connectivity index (χ1n) is 16.9. The maximum atomic E-state index is 13.8. The van der Waals surface area contributed by atoms with Gasteiger partial charge in [-0.2, -0.15) is 0 Å². The van der Waals surface area contributed by atoms with Crippen molar-refractivity contribution in [3.8, 4) is 11.1 Å². The Morgan fingerprint density at radius 2 is 1.08 bits per heavy atom. The average Bonchev–Trinajstić information content (AvgIpc) is 3.64. The Labute approximate surface area is 308 Å². The molecule has 0 radical (unpaired) electrons. The fourth-order valence-electron chi connectivity index (χ4n) is 6.77. The summed E-state index contributed by atoms with van der Waals surface area (Å²) in [5.74, 6) is -1.16. The molecule has 4 heterocycles. The summed E-state index contributed by atoms with van der Waals surface area (Å²) in [5.41, 5.74) is 9.92. The molecule has 2 aromatic carbocycles. The van der Waals surface area contributed by atoms with E-state index < -0.39 is 5.92 Å². The molecule has 0 atom stereocenters. The summed E-state index contributed by atoms with van der Waals surface area (Å²) in [4.78, 5) is 33.5. The number of nitrogens with zero attached hydrogens (tertiary/aromatic N) is 4. The number of aromatic nitrogens is 2. The SMILES string of the molecule is CCOC(=O)c1c(SC)c(C(c2ccc(-c3ccccc3)cc2)c2c(SC)c(C(=O)OCC)n3ccc(N(C)C)cc23)c2cc(N(C)C)ccn12. The average molecular weight is 721 g/mol. The van der Waals surface area contributed by atoms with Gasteiger partial charge in [-0.15, -0.1) is 23.5 Å². The first kappa shape index (κ1) is 36.0. The highest BCUT2D eigenvalue weighted by molar-refractivity contribution is 7.99. The van der Waals surface area contributed by atoms with Crippen molar-refractivity contribution in [2.24, 2.45) is 0 Å². The number of fused-ring (bicyclic) bond motifs is 2. The van der Waals surface area contributed by atoms with Crippen molar-refractivity contribution in [3.05, 3.63) is 119 Å². The minimum atomic E-state index is -0.397. The zero-order chi connectivity index (χ0) is 36.4. The molecule has 4 aromatic heterocycles. The van der Waals surface area contributed by atoms with E-state index in [2.05, 4.69) is 58.3 Å². The van der Waals surface area contributed by atoms with Crippen molar-refractivity contribution < 1.29 is 19.1 Å². The van der Waals surface area contributed by atoms with E-state index in [-0.39, 0.29) is 25.2 Å². The molecule has 10 heteroatoms. The standard InChI is InChI=1S/C41H44N4O4S2/c1-9-48-40(46)36-38(50-7)34(31-24-29(42(3)4)20-22-44(31)36)33(28-18-16-27(17-19-28)26-14-12-11-13-15-26)35-32-25-30(43(5)6)21-23-45(32)37(39(35)51-8)41(47)49-10-2/h11-25,33H,9-10H2,1-8H3. The van der Waals surface area contributed by atoms with E-state index in [1.807, 2.05) is 106 Å². The Bertz CT molecular complexity index is 2090. The first-order valence-corrected chi connectivity index (χ1v) is 19.4. The van der Waals surface area contributed by atoms with Gasteiger partial charge < -0.3 is 28.1 Å². The Morgan fingerprint density at radius 1 is 0.647 bits per heavy atom. The maximum absolute atomic E-state index is 13.8. The minimum absolute atomic E-state index is 0.256. The van der Waals surface area contributed by atoms with Crippen LogP contribution >= 0.6 is 23.5 Å². The van der Waals surface area contributed by atoms with Crippen LogP contribution in [0.15, 0.2) is 101 Å². The van der Waals surface area contributed by atoms with E-state index >= 15 is 0 Å². The van der Waals surface area contributed by atoms with Crippen molar-refractivity contribution in [1.82, 2.24) is 8.80 Å². The quantitative estimate of drug-likeness (QED) is 0.0918. The molecule has 8 nitrogen and oxygen atoms in total. The van der Waals surface area contributed by atoms with Crippen molar-refractivity contribution in [3.63, 3.8) is 0 Å². The molecule has 6 aromatic rings. The predicted molar refractivity (Wildman–Crippen MR) is 212 cm³/mol. The molecule has 0 aliphatic heterocycles. The largest absolute Gasteiger partial charge is 0.461 e. The van der Waals surface area contributed by atoms with Crippen molar-refractivity contribution >= 4 is 57.9 Å². The third-order valence-corrected chi connectivity index (χ3v) is 10.8. The number of thioether (sulfide) groups is 2. The molecule has 0 amide bonds. The van der Waals surface area contributed by atoms with Crippen LogP contribution in [0.1, 0.15) is 57.4 Å². The summed E-state index contributed by atoms with van der Waals surface area (Å²) in [6.07, 6.45) is 7.92. The van der Waals surface area contributed by atoms with E-state index in [4.69, 9.17) is 9.47 Å². The van der Waals surface area contributed by atoms with Gasteiger partial charge in [0.25, 0.3) is 0 Å². The lowest BCUT2D eigenvalue weighted by Gasteiger charge is -2.22. The van der Waals surface area contributed by atoms with Crippen LogP contribution in [0.2, 0.25) is 0 Å². The third-order valence-electron chi connectivity index (χ3n) is 9.14. The highest BCUT2D eigenvalue weighted by Crippen LogP contribution is 2.49. The van der Waals surface area contributed by atoms with Crippen molar-refractivity contribution in [2.45, 2.75) is 29.6 Å². The Kier molecular flexibility index (Phi) is 10.7. The lowest BCUT2D eigenvalue weighted by molar-refractivity contribution is 0.0505. The molecule has 0 saturated carbocycles. The summed E-state index contributed by atoms with van der Waals surface area (Å²) in [6.45, 7) is 4.16. The van der Waals surface area contributed by atoms with Crippen LogP contribution in [0.4, 0.5) is 11.4 Å². The van der Waals surface area contributed by atoms with Gasteiger partial charge in [-0.1, -0.05) is 54.6 Å². The molecular weight excluding hydrogens is 677 g/mol. The fraction of sp³-hybridized carbons (Fsp3) is 0.268. The molecule has 6 rings (SSSR count). The van der Waals surface area contributed by atoms with Gasteiger partial charge >= 0.3 is 11.9 Å². The number of hydrogen-bond acceptors (Lipinski definition) is 8. The van der Waals surface area contributed by atoms with Gasteiger partial charge in [0.15, 0.2) is 0 Å². The van der Waals surface area contributed by atoms with Crippen LogP contribution in [0.25, 0.3) is 22.2 Å². The highest BCUT2D eigenvalue weighted by Gasteiger charge is 2.36. The number of benzene rings is 2. The number of hydrogen-bond donors (Lipinski definition) is 0. The van der Waals surface area contributed by atoms with Crippen LogP contribution in [0.5, 0.6) is 0 Å². The molecule has 0 fully saturated rings. The molecule has 0 spiro atoms. The van der Waals surface area contributed by atoms with Crippen LogP contribution < -0.4 is 9.80 Å². The zero-order valence-corrected chi connectivity index (χ0v) is 32.0. The molecule has 51 heavy (non-hydrogen) atoms. The fourth-order valence-corrected chi connectivity index (χ4v) is 8.41. The lowest BCUT2D eigenvalue weighted by Crippen LogP contribution is -2.11. The number of rotatable bonds is 12. The van der Waals surface area contributed by atoms with Gasteiger partial charge in [-0.3, -0.25) is 0 Å². The van der Waals surface area contributed by atoms with E-state index in [0.717, 1.165) is 60.0 Å². The van der Waals surface area contributed by atoms with Crippen LogP contribution in [0.3, 0.4) is 0 Å². The number of anilines is 2. The molecule has 264 valence electrons. The monoisotopic (exact) mass is 720 g/mol. The topological polar surface area (TPSA) is 67.9 Å². The number of carbonyl (C=O) groups is 2. The molecule has 0 N–H and O–H groups in total. The van der Waals surface area contributed by atoms with Gasteiger partial charge in [-0.05, 0) is 67.3 Å². The van der Waals surface area contributed by atoms with Gasteiger partial charge in [0.2, 0.25) is 0 Å². The number of ether oxygens (including phenoxy) is 2. The maximum Gasteiger partial charge on any atom is 0.356 e. The Hall–Kier alpha value is -4.80. The van der Waals surface area contributed by atoms with Crippen molar-refractivity contribution in [1.29, 1.82) is 0 Å². The second-order valence-corrected chi connectivity index (χ2v) is 14.2. The minimum Gasteiger partial charge on any atom is -0.461 e. The Balaban J connectivity index is 1.79. The summed E-state index contributed by atoms with van der Waals surface area (Å²) in [6, 6.07) is 27.3. The molecule has 0 aliphatic carbocycles. The van der Waals surface area contributed by atoms with Crippen LogP contribution in [-0.4, -0.2) is 74.7 Å². The predicted octanol–water partition coefficient (Wildman–Crippen LogP) is 8.97. The van der Waals surface area contributed by atoms with E-state index in [9.17, 15) is 9.59 Å². The first-order chi connectivity index (χ1) is 24.6. The molecule has 0 saturated heterocycles. The lowest BCUT2D eigenvalue weighted by atomic mass is 9.84. The third kappa shape index (κ3) is 6.58. The molecule has 0 bridgehead atoms. The van der Waals surface area contributed by atoms with Gasteiger partial charge in [-0.25, -0.2) is 9.59 Å². The number of esters is 2. The highest BCUT2D eigenvalue weighted by atomic mass is 32.2. The van der Waals surface area contributed by atoms with Crippen LogP contribution in [-0.2, 0) is 9.47 Å². The van der Waals surface area contributed by atoms with E-state index in [0.29, 0.717) is 11.4 Å². The smallest absolute Gasteiger partial charge is 0.356 e. The second kappa shape index (κ2) is 15.2. The number of carbonyl (C=O) groups excluding carboxylic acids is 2. The van der Waals surface area contributed by atoms with Gasteiger partial charge in [0.05, 0.1) is 24.2 Å². The number of pyridine rings is 2. The summed E-state index contributed by atoms with van der Waals surface area (Å²) < 4.78 is 15.3. The van der Waals surface area contributed by atoms with Gasteiger partial charge in [0.1, 0.15) is 11.4 Å². The summed E-state index contributed by atoms with van der Waals surface area (Å²) in [5, 5.41) is 0. The summed E-state index contributed by atoms with van der Waals surface area (Å²) in [7, 11) is 8.05. The molecular formula is C41H44N4O4S2. The van der Waals surface area contributed by atoms with Crippen LogP contribution in [0, 0.1) is 0 Å². The van der Waals surface area contributed by atoms with E-state index in [1.165, 1.54) is 23.5 Å². The van der Waals surface area contributed by atoms with E-state index in [1.54, 1.807) is 0 Å². The molecule has 0 aliphatic rings. The summed E-state index contributed by atoms with van der Waals surface area (Å²) >= 11 is 3.07. The molecule has 0 unspecified atom stereocenters. The van der Waals surface area contributed by atoms with Gasteiger partial charge in [0, 0.05) is 78.8 Å². The Morgan fingerprint density at radius 3 is 1.47 bits per heavy atom. The second-order valence-electron chi connectivity index (χ2n) is 12.5. The zero-order valence-electron chi connectivity index (χ0n) is 30.4. The normalized spacial score (nSPS) is 11.4.